The van der Waals surface area contributed by atoms with Gasteiger partial charge in [-0.1, -0.05) is 6.58 Å². The Labute approximate surface area is 128 Å². The zero-order valence-electron chi connectivity index (χ0n) is 10.2. The van der Waals surface area contributed by atoms with E-state index < -0.39 is 16.0 Å². The highest BCUT2D eigenvalue weighted by molar-refractivity contribution is 9.11. The highest BCUT2D eigenvalue weighted by Gasteiger charge is 2.15. The third-order valence-corrected chi connectivity index (χ3v) is 3.63. The van der Waals surface area contributed by atoms with Crippen molar-refractivity contribution in [1.82, 2.24) is 0 Å². The fraction of sp³-hybridized carbons (Fsp3) is 0.182. The fourth-order valence-electron chi connectivity index (χ4n) is 1.11. The summed E-state index contributed by atoms with van der Waals surface area (Å²) in [5, 5.41) is 0. The molecule has 0 unspecified atom stereocenters. The molecule has 1 aromatic rings. The number of nitrogens with one attached hydrogen (secondary N) is 1. The lowest BCUT2D eigenvalue weighted by molar-refractivity contribution is -0.130. The smallest absolute Gasteiger partial charge is 0.338 e. The predicted molar refractivity (Wildman–Crippen MR) is 80.8 cm³/mol. The number of carbonyl (C=O) groups is 1. The van der Waals surface area contributed by atoms with E-state index in [0.29, 0.717) is 14.6 Å². The van der Waals surface area contributed by atoms with Crippen molar-refractivity contribution in [3.05, 3.63) is 33.2 Å². The van der Waals surface area contributed by atoms with Crippen molar-refractivity contribution in [2.45, 2.75) is 6.92 Å². The van der Waals surface area contributed by atoms with Gasteiger partial charge in [0.15, 0.2) is 5.75 Å². The molecule has 5 nitrogen and oxygen atoms in total. The maximum atomic E-state index is 11.5. The van der Waals surface area contributed by atoms with Crippen LogP contribution in [0, 0.1) is 0 Å². The first-order valence-corrected chi connectivity index (χ1v) is 8.42. The predicted octanol–water partition coefficient (Wildman–Crippen LogP) is 3.06. The summed E-state index contributed by atoms with van der Waals surface area (Å²) in [5.41, 5.74) is 0.605. The summed E-state index contributed by atoms with van der Waals surface area (Å²) >= 11 is 6.42. The van der Waals surface area contributed by atoms with Gasteiger partial charge in [0.05, 0.1) is 20.9 Å². The van der Waals surface area contributed by atoms with Crippen LogP contribution < -0.4 is 9.46 Å². The van der Waals surface area contributed by atoms with Crippen molar-refractivity contribution in [3.63, 3.8) is 0 Å². The van der Waals surface area contributed by atoms with Crippen molar-refractivity contribution in [3.8, 4) is 5.75 Å². The first-order chi connectivity index (χ1) is 8.60. The zero-order valence-corrected chi connectivity index (χ0v) is 14.1. The molecule has 0 aliphatic rings. The first kappa shape index (κ1) is 16.2. The summed E-state index contributed by atoms with van der Waals surface area (Å²) in [6.45, 7) is 5.01. The van der Waals surface area contributed by atoms with Crippen molar-refractivity contribution in [2.75, 3.05) is 11.0 Å². The molecule has 1 rings (SSSR count). The molecule has 0 spiro atoms. The van der Waals surface area contributed by atoms with Crippen molar-refractivity contribution < 1.29 is 17.9 Å². The SMILES string of the molecule is C=C(C)C(=O)Oc1c(Br)cc(NS(C)(=O)=O)cc1Br. The average Bonchev–Trinajstić information content (AvgIpc) is 2.20. The number of halogens is 2. The molecule has 0 bridgehead atoms. The molecule has 0 aliphatic carbocycles. The lowest BCUT2D eigenvalue weighted by Crippen LogP contribution is -2.11. The second-order valence-corrected chi connectivity index (χ2v) is 7.27. The number of rotatable bonds is 4. The third kappa shape index (κ3) is 4.96. The van der Waals surface area contributed by atoms with Crippen LogP contribution in [0.4, 0.5) is 5.69 Å². The first-order valence-electron chi connectivity index (χ1n) is 4.94. The van der Waals surface area contributed by atoms with Gasteiger partial charge in [-0.25, -0.2) is 13.2 Å². The van der Waals surface area contributed by atoms with Crippen LogP contribution in [-0.4, -0.2) is 20.6 Å². The Morgan fingerprint density at radius 3 is 2.16 bits per heavy atom. The van der Waals surface area contributed by atoms with Crippen LogP contribution in [-0.2, 0) is 14.8 Å². The Bertz CT molecular complexity index is 617. The lowest BCUT2D eigenvalue weighted by Gasteiger charge is -2.11. The number of ether oxygens (including phenoxy) is 1. The molecule has 8 heteroatoms. The normalized spacial score (nSPS) is 10.9. The summed E-state index contributed by atoms with van der Waals surface area (Å²) < 4.78 is 30.6. The molecule has 19 heavy (non-hydrogen) atoms. The highest BCUT2D eigenvalue weighted by atomic mass is 79.9. The van der Waals surface area contributed by atoms with Gasteiger partial charge in [-0.2, -0.15) is 0 Å². The van der Waals surface area contributed by atoms with Gasteiger partial charge in [0.1, 0.15) is 0 Å². The maximum Gasteiger partial charge on any atom is 0.338 e. The number of esters is 1. The van der Waals surface area contributed by atoms with Crippen LogP contribution in [0.15, 0.2) is 33.2 Å². The number of hydrogen-bond donors (Lipinski definition) is 1. The van der Waals surface area contributed by atoms with Gasteiger partial charge in [-0.05, 0) is 50.9 Å². The fourth-order valence-corrected chi connectivity index (χ4v) is 3.00. The summed E-state index contributed by atoms with van der Waals surface area (Å²) in [6, 6.07) is 2.99. The van der Waals surface area contributed by atoms with Gasteiger partial charge in [0.2, 0.25) is 10.0 Å². The summed E-state index contributed by atoms with van der Waals surface area (Å²) in [6.07, 6.45) is 1.05. The second kappa shape index (κ2) is 6.06. The monoisotopic (exact) mass is 411 g/mol. The van der Waals surface area contributed by atoms with Gasteiger partial charge >= 0.3 is 5.97 Å². The lowest BCUT2D eigenvalue weighted by atomic mass is 10.3. The largest absolute Gasteiger partial charge is 0.421 e. The molecule has 0 atom stereocenters. The van der Waals surface area contributed by atoms with E-state index in [1.54, 1.807) is 0 Å². The van der Waals surface area contributed by atoms with E-state index in [0.717, 1.165) is 6.26 Å². The van der Waals surface area contributed by atoms with Crippen LogP contribution in [0.3, 0.4) is 0 Å². The maximum absolute atomic E-state index is 11.5. The number of sulfonamides is 1. The van der Waals surface area contributed by atoms with E-state index in [9.17, 15) is 13.2 Å². The molecule has 0 saturated heterocycles. The molecule has 1 N–H and O–H groups in total. The standard InChI is InChI=1S/C11H11Br2NO4S/c1-6(2)11(15)18-10-8(12)4-7(5-9(10)13)14-19(3,16)17/h4-5,14H,1H2,2-3H3. The second-order valence-electron chi connectivity index (χ2n) is 3.81. The number of carbonyl (C=O) groups excluding carboxylic acids is 1. The van der Waals surface area contributed by atoms with Crippen LogP contribution in [0.1, 0.15) is 6.92 Å². The van der Waals surface area contributed by atoms with Crippen LogP contribution in [0.25, 0.3) is 0 Å². The molecular weight excluding hydrogens is 402 g/mol. The molecule has 0 amide bonds. The Kier molecular flexibility index (Phi) is 5.17. The van der Waals surface area contributed by atoms with Gasteiger partial charge in [-0.3, -0.25) is 4.72 Å². The summed E-state index contributed by atoms with van der Waals surface area (Å²) in [4.78, 5) is 11.5. The Hall–Kier alpha value is -0.860. The van der Waals surface area contributed by atoms with Crippen molar-refractivity contribution in [1.29, 1.82) is 0 Å². The molecule has 0 heterocycles. The van der Waals surface area contributed by atoms with Crippen molar-refractivity contribution >= 4 is 53.5 Å². The zero-order chi connectivity index (χ0) is 14.8. The Morgan fingerprint density at radius 1 is 1.32 bits per heavy atom. The molecule has 0 fully saturated rings. The van der Waals surface area contributed by atoms with E-state index in [4.69, 9.17) is 4.74 Å². The van der Waals surface area contributed by atoms with Crippen molar-refractivity contribution in [2.24, 2.45) is 0 Å². The van der Waals surface area contributed by atoms with E-state index in [2.05, 4.69) is 43.2 Å². The Morgan fingerprint density at radius 2 is 1.79 bits per heavy atom. The number of hydrogen-bond acceptors (Lipinski definition) is 4. The molecule has 1 aromatic carbocycles. The molecule has 0 radical (unpaired) electrons. The van der Waals surface area contributed by atoms with Crippen LogP contribution in [0.5, 0.6) is 5.75 Å². The number of anilines is 1. The number of benzene rings is 1. The van der Waals surface area contributed by atoms with E-state index in [1.807, 2.05) is 0 Å². The Balaban J connectivity index is 3.11. The third-order valence-electron chi connectivity index (χ3n) is 1.84. The van der Waals surface area contributed by atoms with Crippen LogP contribution >= 0.6 is 31.9 Å². The minimum atomic E-state index is -3.37. The van der Waals surface area contributed by atoms with Gasteiger partial charge in [-0.15, -0.1) is 0 Å². The van der Waals surface area contributed by atoms with Gasteiger partial charge < -0.3 is 4.74 Å². The average molecular weight is 413 g/mol. The van der Waals surface area contributed by atoms with Crippen LogP contribution in [0.2, 0.25) is 0 Å². The quantitative estimate of drug-likeness (QED) is 0.468. The minimum absolute atomic E-state index is 0.257. The molecule has 0 aromatic heterocycles. The molecule has 104 valence electrons. The summed E-state index contributed by atoms with van der Waals surface area (Å²) in [5.74, 6) is -0.308. The van der Waals surface area contributed by atoms with Gasteiger partial charge in [0, 0.05) is 5.57 Å². The van der Waals surface area contributed by atoms with E-state index in [1.165, 1.54) is 19.1 Å². The van der Waals surface area contributed by atoms with Gasteiger partial charge in [0.25, 0.3) is 0 Å². The summed E-state index contributed by atoms with van der Waals surface area (Å²) in [7, 11) is -3.37. The molecule has 0 aliphatic heterocycles. The topological polar surface area (TPSA) is 72.5 Å². The van der Waals surface area contributed by atoms with E-state index >= 15 is 0 Å². The minimum Gasteiger partial charge on any atom is -0.421 e. The highest BCUT2D eigenvalue weighted by Crippen LogP contribution is 2.37. The molecular formula is C11H11Br2NO4S. The molecule has 0 saturated carbocycles. The van der Waals surface area contributed by atoms with E-state index in [-0.39, 0.29) is 11.3 Å².